The summed E-state index contributed by atoms with van der Waals surface area (Å²) in [4.78, 5) is 15.9. The third kappa shape index (κ3) is 4.16. The van der Waals surface area contributed by atoms with Crippen LogP contribution in [0.25, 0.3) is 0 Å². The lowest BCUT2D eigenvalue weighted by Crippen LogP contribution is -2.41. The molecule has 2 aromatic rings. The Bertz CT molecular complexity index is 888. The number of thiophene rings is 1. The number of hydrogen-bond donors (Lipinski definition) is 0. The lowest BCUT2D eigenvalue weighted by Gasteiger charge is -2.25. The van der Waals surface area contributed by atoms with E-state index in [0.717, 1.165) is 33.2 Å². The van der Waals surface area contributed by atoms with Gasteiger partial charge in [0.25, 0.3) is 0 Å². The van der Waals surface area contributed by atoms with Gasteiger partial charge in [0.2, 0.25) is 15.9 Å². The molecule has 1 aromatic carbocycles. The second-order valence-corrected chi connectivity index (χ2v) is 9.92. The van der Waals surface area contributed by atoms with Gasteiger partial charge >= 0.3 is 0 Å². The van der Waals surface area contributed by atoms with Crippen LogP contribution >= 0.6 is 11.3 Å². The first-order valence-electron chi connectivity index (χ1n) is 8.64. The molecule has 1 aromatic heterocycles. The summed E-state index contributed by atoms with van der Waals surface area (Å²) in [5.41, 5.74) is 1.96. The van der Waals surface area contributed by atoms with Crippen molar-refractivity contribution < 1.29 is 13.2 Å². The average Bonchev–Trinajstić information content (AvgIpc) is 3.30. The number of aryl methyl sites for hydroxylation is 2. The van der Waals surface area contributed by atoms with Crippen molar-refractivity contribution in [1.82, 2.24) is 9.21 Å². The topological polar surface area (TPSA) is 57.7 Å². The normalized spacial score (nSPS) is 14.6. The molecule has 0 radical (unpaired) electrons. The SMILES string of the molecule is Cc1ccc(S(=O)(=O)N(C)CC(=O)N(Cc2cccs2)C2CC2)cc1C. The fourth-order valence-electron chi connectivity index (χ4n) is 2.80. The Morgan fingerprint density at radius 2 is 1.92 bits per heavy atom. The van der Waals surface area contributed by atoms with Gasteiger partial charge in [0, 0.05) is 18.0 Å². The zero-order valence-electron chi connectivity index (χ0n) is 15.3. The van der Waals surface area contributed by atoms with E-state index < -0.39 is 10.0 Å². The van der Waals surface area contributed by atoms with Crippen LogP contribution in [0, 0.1) is 13.8 Å². The van der Waals surface area contributed by atoms with Crippen LogP contribution in [0.5, 0.6) is 0 Å². The number of rotatable bonds is 7. The Morgan fingerprint density at radius 1 is 1.19 bits per heavy atom. The third-order valence-corrected chi connectivity index (χ3v) is 7.42. The number of carbonyl (C=O) groups is 1. The molecule has 1 aliphatic carbocycles. The van der Waals surface area contributed by atoms with Crippen molar-refractivity contribution in [3.8, 4) is 0 Å². The van der Waals surface area contributed by atoms with Crippen molar-refractivity contribution in [2.45, 2.75) is 44.2 Å². The summed E-state index contributed by atoms with van der Waals surface area (Å²) >= 11 is 1.61. The summed E-state index contributed by atoms with van der Waals surface area (Å²) in [7, 11) is -2.21. The molecule has 5 nitrogen and oxygen atoms in total. The molecule has 26 heavy (non-hydrogen) atoms. The van der Waals surface area contributed by atoms with Crippen LogP contribution in [0.1, 0.15) is 28.8 Å². The minimum atomic E-state index is -3.69. The molecule has 1 heterocycles. The summed E-state index contributed by atoms with van der Waals surface area (Å²) in [6.45, 7) is 4.24. The maximum absolute atomic E-state index is 12.8. The first kappa shape index (κ1) is 19.1. The van der Waals surface area contributed by atoms with Gasteiger partial charge in [-0.1, -0.05) is 12.1 Å². The van der Waals surface area contributed by atoms with Gasteiger partial charge in [-0.15, -0.1) is 11.3 Å². The Hall–Kier alpha value is -1.70. The highest BCUT2D eigenvalue weighted by Crippen LogP contribution is 2.29. The van der Waals surface area contributed by atoms with Crippen molar-refractivity contribution in [3.63, 3.8) is 0 Å². The molecule has 0 unspecified atom stereocenters. The molecule has 0 spiro atoms. The maximum Gasteiger partial charge on any atom is 0.243 e. The molecule has 0 N–H and O–H groups in total. The molecule has 1 saturated carbocycles. The predicted octanol–water partition coefficient (Wildman–Crippen LogP) is 3.18. The Kier molecular flexibility index (Phi) is 5.50. The van der Waals surface area contributed by atoms with Gasteiger partial charge in [0.05, 0.1) is 18.0 Å². The van der Waals surface area contributed by atoms with Gasteiger partial charge in [-0.25, -0.2) is 8.42 Å². The van der Waals surface area contributed by atoms with Crippen molar-refractivity contribution in [3.05, 3.63) is 51.7 Å². The number of likely N-dealkylation sites (N-methyl/N-ethyl adjacent to an activating group) is 1. The van der Waals surface area contributed by atoms with Gasteiger partial charge in [0.1, 0.15) is 0 Å². The predicted molar refractivity (Wildman–Crippen MR) is 104 cm³/mol. The van der Waals surface area contributed by atoms with E-state index in [2.05, 4.69) is 0 Å². The first-order valence-corrected chi connectivity index (χ1v) is 11.0. The minimum Gasteiger partial charge on any atom is -0.333 e. The van der Waals surface area contributed by atoms with E-state index in [1.54, 1.807) is 29.5 Å². The van der Waals surface area contributed by atoms with Crippen molar-refractivity contribution in [1.29, 1.82) is 0 Å². The van der Waals surface area contributed by atoms with E-state index in [4.69, 9.17) is 0 Å². The molecule has 0 bridgehead atoms. The Morgan fingerprint density at radius 3 is 2.50 bits per heavy atom. The third-order valence-electron chi connectivity index (χ3n) is 4.76. The zero-order chi connectivity index (χ0) is 18.9. The monoisotopic (exact) mass is 392 g/mol. The number of carbonyl (C=O) groups excluding carboxylic acids is 1. The van der Waals surface area contributed by atoms with E-state index in [-0.39, 0.29) is 23.4 Å². The number of sulfonamides is 1. The van der Waals surface area contributed by atoms with Gasteiger partial charge in [-0.3, -0.25) is 4.79 Å². The fraction of sp³-hybridized carbons (Fsp3) is 0.421. The van der Waals surface area contributed by atoms with Crippen molar-refractivity contribution in [2.24, 2.45) is 0 Å². The lowest BCUT2D eigenvalue weighted by molar-refractivity contribution is -0.132. The Balaban J connectivity index is 1.73. The van der Waals surface area contributed by atoms with Crippen LogP contribution < -0.4 is 0 Å². The molecule has 1 fully saturated rings. The quantitative estimate of drug-likeness (QED) is 0.727. The summed E-state index contributed by atoms with van der Waals surface area (Å²) in [6.07, 6.45) is 1.98. The number of hydrogen-bond acceptors (Lipinski definition) is 4. The van der Waals surface area contributed by atoms with Crippen LogP contribution in [-0.2, 0) is 21.4 Å². The number of benzene rings is 1. The summed E-state index contributed by atoms with van der Waals surface area (Å²) in [5.74, 6) is -0.143. The summed E-state index contributed by atoms with van der Waals surface area (Å²) in [6, 6.07) is 9.26. The zero-order valence-corrected chi connectivity index (χ0v) is 16.9. The highest BCUT2D eigenvalue weighted by atomic mass is 32.2. The Labute approximate surface area is 159 Å². The molecule has 1 amide bonds. The highest BCUT2D eigenvalue weighted by Gasteiger charge is 2.34. The van der Waals surface area contributed by atoms with Crippen LogP contribution in [0.4, 0.5) is 0 Å². The first-order chi connectivity index (χ1) is 12.3. The smallest absolute Gasteiger partial charge is 0.243 e. The van der Waals surface area contributed by atoms with Gasteiger partial charge < -0.3 is 4.90 Å². The molecule has 140 valence electrons. The fourth-order valence-corrected chi connectivity index (χ4v) is 4.71. The standard InChI is InChI=1S/C19H24N2O3S2/c1-14-6-9-18(11-15(14)2)26(23,24)20(3)13-19(22)21(16-7-8-16)12-17-5-4-10-25-17/h4-6,9-11,16H,7-8,12-13H2,1-3H3. The van der Waals surface area contributed by atoms with Crippen LogP contribution in [0.3, 0.4) is 0 Å². The van der Waals surface area contributed by atoms with Gasteiger partial charge in [-0.2, -0.15) is 4.31 Å². The molecular formula is C19H24N2O3S2. The molecule has 7 heteroatoms. The molecule has 0 atom stereocenters. The second kappa shape index (κ2) is 7.50. The van der Waals surface area contributed by atoms with E-state index in [0.29, 0.717) is 6.54 Å². The van der Waals surface area contributed by atoms with E-state index in [1.165, 1.54) is 7.05 Å². The van der Waals surface area contributed by atoms with Crippen LogP contribution in [-0.4, -0.2) is 43.2 Å². The molecular weight excluding hydrogens is 368 g/mol. The van der Waals surface area contributed by atoms with Gasteiger partial charge in [-0.05, 0) is 61.4 Å². The molecule has 0 aliphatic heterocycles. The minimum absolute atomic E-state index is 0.142. The molecule has 3 rings (SSSR count). The van der Waals surface area contributed by atoms with E-state index in [9.17, 15) is 13.2 Å². The maximum atomic E-state index is 12.8. The summed E-state index contributed by atoms with van der Waals surface area (Å²) in [5, 5.41) is 1.99. The lowest BCUT2D eigenvalue weighted by atomic mass is 10.1. The largest absolute Gasteiger partial charge is 0.333 e. The van der Waals surface area contributed by atoms with Crippen molar-refractivity contribution in [2.75, 3.05) is 13.6 Å². The number of nitrogens with zero attached hydrogens (tertiary/aromatic N) is 2. The van der Waals surface area contributed by atoms with Crippen LogP contribution in [0.2, 0.25) is 0 Å². The van der Waals surface area contributed by atoms with E-state index >= 15 is 0 Å². The van der Waals surface area contributed by atoms with Crippen LogP contribution in [0.15, 0.2) is 40.6 Å². The van der Waals surface area contributed by atoms with E-state index in [1.807, 2.05) is 36.3 Å². The average molecular weight is 393 g/mol. The number of amides is 1. The van der Waals surface area contributed by atoms with Crippen molar-refractivity contribution >= 4 is 27.3 Å². The summed E-state index contributed by atoms with van der Waals surface area (Å²) < 4.78 is 26.8. The molecule has 0 saturated heterocycles. The van der Waals surface area contributed by atoms with Gasteiger partial charge in [0.15, 0.2) is 0 Å². The molecule has 1 aliphatic rings. The second-order valence-electron chi connectivity index (χ2n) is 6.84. The highest BCUT2D eigenvalue weighted by molar-refractivity contribution is 7.89.